The van der Waals surface area contributed by atoms with E-state index in [4.69, 9.17) is 9.72 Å². The maximum absolute atomic E-state index is 13.3. The van der Waals surface area contributed by atoms with Gasteiger partial charge in [0.15, 0.2) is 5.13 Å². The van der Waals surface area contributed by atoms with Crippen molar-refractivity contribution < 1.29 is 9.53 Å². The average molecular weight is 352 g/mol. The second-order valence-electron chi connectivity index (χ2n) is 6.38. The second-order valence-corrected chi connectivity index (χ2v) is 7.39. The number of thiazole rings is 1. The van der Waals surface area contributed by atoms with E-state index in [2.05, 4.69) is 0 Å². The van der Waals surface area contributed by atoms with Crippen molar-refractivity contribution in [3.8, 4) is 0 Å². The Kier molecular flexibility index (Phi) is 4.27. The molecular formula is C20H20N2O2S. The molecule has 4 rings (SSSR count). The normalized spacial score (nSPS) is 17.1. The van der Waals surface area contributed by atoms with Gasteiger partial charge < -0.3 is 4.74 Å². The highest BCUT2D eigenvalue weighted by molar-refractivity contribution is 7.22. The molecule has 0 saturated carbocycles. The number of ether oxygens (including phenoxy) is 1. The Morgan fingerprint density at radius 1 is 1.16 bits per heavy atom. The predicted molar refractivity (Wildman–Crippen MR) is 102 cm³/mol. The third-order valence-corrected chi connectivity index (χ3v) is 5.58. The highest BCUT2D eigenvalue weighted by Crippen LogP contribution is 2.38. The fourth-order valence-corrected chi connectivity index (χ4v) is 4.31. The molecular weight excluding hydrogens is 332 g/mol. The lowest BCUT2D eigenvalue weighted by Gasteiger charge is -2.26. The van der Waals surface area contributed by atoms with Crippen molar-refractivity contribution in [3.05, 3.63) is 53.6 Å². The van der Waals surface area contributed by atoms with Crippen LogP contribution in [0.25, 0.3) is 10.2 Å². The van der Waals surface area contributed by atoms with Crippen LogP contribution in [0.1, 0.15) is 24.0 Å². The van der Waals surface area contributed by atoms with Crippen molar-refractivity contribution in [2.24, 2.45) is 0 Å². The third-order valence-electron chi connectivity index (χ3n) is 4.56. The lowest BCUT2D eigenvalue weighted by Crippen LogP contribution is -2.36. The first kappa shape index (κ1) is 16.2. The van der Waals surface area contributed by atoms with Crippen LogP contribution in [0, 0.1) is 13.8 Å². The van der Waals surface area contributed by atoms with Gasteiger partial charge in [-0.1, -0.05) is 41.7 Å². The Morgan fingerprint density at radius 2 is 1.92 bits per heavy atom. The molecule has 128 valence electrons. The van der Waals surface area contributed by atoms with Crippen molar-refractivity contribution in [2.75, 3.05) is 11.5 Å². The first-order valence-electron chi connectivity index (χ1n) is 8.52. The third kappa shape index (κ3) is 2.94. The molecule has 3 aromatic rings. The topological polar surface area (TPSA) is 42.4 Å². The van der Waals surface area contributed by atoms with E-state index in [9.17, 15) is 4.79 Å². The van der Waals surface area contributed by atoms with Gasteiger partial charge in [-0.2, -0.15) is 0 Å². The zero-order valence-electron chi connectivity index (χ0n) is 14.4. The second kappa shape index (κ2) is 6.58. The van der Waals surface area contributed by atoms with E-state index in [1.54, 1.807) is 16.2 Å². The molecule has 1 amide bonds. The largest absolute Gasteiger partial charge is 0.368 e. The summed E-state index contributed by atoms with van der Waals surface area (Å²) in [6.07, 6.45) is 1.31. The first-order valence-corrected chi connectivity index (χ1v) is 9.34. The van der Waals surface area contributed by atoms with Crippen LogP contribution in [0.3, 0.4) is 0 Å². The number of benzene rings is 2. The number of rotatable bonds is 3. The summed E-state index contributed by atoms with van der Waals surface area (Å²) < 4.78 is 6.76. The Hall–Kier alpha value is -2.24. The van der Waals surface area contributed by atoms with Crippen molar-refractivity contribution in [1.82, 2.24) is 4.98 Å². The number of fused-ring (bicyclic) bond motifs is 1. The lowest BCUT2D eigenvalue weighted by atomic mass is 10.1. The quantitative estimate of drug-likeness (QED) is 0.683. The molecule has 1 saturated heterocycles. The van der Waals surface area contributed by atoms with Crippen LogP contribution in [0.4, 0.5) is 10.8 Å². The van der Waals surface area contributed by atoms with Crippen LogP contribution in [0.5, 0.6) is 0 Å². The van der Waals surface area contributed by atoms with E-state index < -0.39 is 0 Å². The molecule has 25 heavy (non-hydrogen) atoms. The molecule has 1 aromatic heterocycles. The summed E-state index contributed by atoms with van der Waals surface area (Å²) >= 11 is 1.54. The Morgan fingerprint density at radius 3 is 2.60 bits per heavy atom. The summed E-state index contributed by atoms with van der Waals surface area (Å²) in [6, 6.07) is 14.1. The molecule has 0 aliphatic carbocycles. The van der Waals surface area contributed by atoms with Crippen LogP contribution in [-0.4, -0.2) is 23.6 Å². The van der Waals surface area contributed by atoms with E-state index in [1.165, 1.54) is 0 Å². The summed E-state index contributed by atoms with van der Waals surface area (Å²) in [5.74, 6) is -0.0195. The first-order chi connectivity index (χ1) is 12.1. The fraction of sp³-hybridized carbons (Fsp3) is 0.300. The fourth-order valence-electron chi connectivity index (χ4n) is 3.33. The van der Waals surface area contributed by atoms with Gasteiger partial charge in [0.1, 0.15) is 6.10 Å². The minimum absolute atomic E-state index is 0.0195. The Balaban J connectivity index is 1.87. The van der Waals surface area contributed by atoms with Crippen LogP contribution < -0.4 is 4.90 Å². The molecule has 0 N–H and O–H groups in total. The van der Waals surface area contributed by atoms with Gasteiger partial charge in [0.05, 0.1) is 15.9 Å². The summed E-state index contributed by atoms with van der Waals surface area (Å²) in [6.45, 7) is 4.72. The molecule has 2 heterocycles. The van der Waals surface area contributed by atoms with Gasteiger partial charge in [0.2, 0.25) is 0 Å². The number of hydrogen-bond acceptors (Lipinski definition) is 4. The van der Waals surface area contributed by atoms with E-state index in [0.29, 0.717) is 11.7 Å². The molecule has 5 heteroatoms. The van der Waals surface area contributed by atoms with Gasteiger partial charge >= 0.3 is 0 Å². The summed E-state index contributed by atoms with van der Waals surface area (Å²) in [4.78, 5) is 19.8. The Bertz CT molecular complexity index is 875. The molecule has 0 radical (unpaired) electrons. The minimum atomic E-state index is -0.383. The van der Waals surface area contributed by atoms with E-state index in [0.717, 1.165) is 39.9 Å². The maximum Gasteiger partial charge on any atom is 0.262 e. The van der Waals surface area contributed by atoms with Crippen LogP contribution >= 0.6 is 11.3 Å². The summed E-state index contributed by atoms with van der Waals surface area (Å²) in [5.41, 5.74) is 3.96. The van der Waals surface area contributed by atoms with E-state index in [1.807, 2.05) is 56.3 Å². The highest BCUT2D eigenvalue weighted by atomic mass is 32.1. The highest BCUT2D eigenvalue weighted by Gasteiger charge is 2.33. The summed E-state index contributed by atoms with van der Waals surface area (Å²) in [5, 5.41) is 0.708. The molecule has 0 unspecified atom stereocenters. The van der Waals surface area contributed by atoms with Gasteiger partial charge in [0, 0.05) is 6.61 Å². The lowest BCUT2D eigenvalue weighted by molar-refractivity contribution is -0.126. The van der Waals surface area contributed by atoms with E-state index in [-0.39, 0.29) is 12.0 Å². The molecule has 2 aromatic carbocycles. The smallest absolute Gasteiger partial charge is 0.262 e. The van der Waals surface area contributed by atoms with Gasteiger partial charge in [0.25, 0.3) is 5.91 Å². The monoisotopic (exact) mass is 352 g/mol. The summed E-state index contributed by atoms with van der Waals surface area (Å²) in [7, 11) is 0. The number of carbonyl (C=O) groups is 1. The van der Waals surface area contributed by atoms with Gasteiger partial charge in [-0.3, -0.25) is 9.69 Å². The number of aromatic nitrogens is 1. The van der Waals surface area contributed by atoms with E-state index >= 15 is 0 Å². The van der Waals surface area contributed by atoms with Crippen molar-refractivity contribution in [2.45, 2.75) is 32.8 Å². The molecule has 1 atom stereocenters. The number of para-hydroxylation sites is 2. The van der Waals surface area contributed by atoms with Crippen LogP contribution in [-0.2, 0) is 9.53 Å². The molecule has 1 aliphatic heterocycles. The number of anilines is 2. The number of hydrogen-bond donors (Lipinski definition) is 0. The predicted octanol–water partition coefficient (Wildman–Crippen LogP) is 4.76. The molecule has 0 spiro atoms. The van der Waals surface area contributed by atoms with Gasteiger partial charge in [-0.25, -0.2) is 4.98 Å². The number of carbonyl (C=O) groups excluding carboxylic acids is 1. The SMILES string of the molecule is Cc1cccc(C)c1N(C(=O)[C@H]1CCCO1)c1nc2ccccc2s1. The number of nitrogens with zero attached hydrogens (tertiary/aromatic N) is 2. The zero-order valence-corrected chi connectivity index (χ0v) is 15.2. The van der Waals surface area contributed by atoms with Gasteiger partial charge in [-0.05, 0) is 49.9 Å². The maximum atomic E-state index is 13.3. The molecule has 1 aliphatic rings. The van der Waals surface area contributed by atoms with Crippen LogP contribution in [0.15, 0.2) is 42.5 Å². The van der Waals surface area contributed by atoms with Gasteiger partial charge in [-0.15, -0.1) is 0 Å². The molecule has 0 bridgehead atoms. The minimum Gasteiger partial charge on any atom is -0.368 e. The van der Waals surface area contributed by atoms with Crippen molar-refractivity contribution >= 4 is 38.3 Å². The van der Waals surface area contributed by atoms with Crippen molar-refractivity contribution in [3.63, 3.8) is 0 Å². The van der Waals surface area contributed by atoms with Crippen LogP contribution in [0.2, 0.25) is 0 Å². The average Bonchev–Trinajstić information content (AvgIpc) is 3.26. The standard InChI is InChI=1S/C20H20N2O2S/c1-13-7-5-8-14(2)18(13)22(19(23)16-10-6-12-24-16)20-21-15-9-3-4-11-17(15)25-20/h3-5,7-9,11,16H,6,10,12H2,1-2H3/t16-/m1/s1. The number of amides is 1. The van der Waals surface area contributed by atoms with Crippen molar-refractivity contribution in [1.29, 1.82) is 0 Å². The number of aryl methyl sites for hydroxylation is 2. The molecule has 4 nitrogen and oxygen atoms in total. The zero-order chi connectivity index (χ0) is 17.4. The Labute approximate surface area is 151 Å². The molecule has 1 fully saturated rings.